The van der Waals surface area contributed by atoms with Crippen LogP contribution < -0.4 is 5.73 Å². The number of aliphatic imine (C=N–C) groups is 1. The molecule has 0 rings (SSSR count). The molecule has 2 N–H and O–H groups in total. The molecular weight excluding hydrogens is 184 g/mol. The van der Waals surface area contributed by atoms with Crippen molar-refractivity contribution in [2.24, 2.45) is 10.7 Å². The third kappa shape index (κ3) is 6.34. The van der Waals surface area contributed by atoms with Gasteiger partial charge in [0.2, 0.25) is 6.08 Å². The van der Waals surface area contributed by atoms with Crippen molar-refractivity contribution in [3.05, 3.63) is 0 Å². The van der Waals surface area contributed by atoms with Crippen LogP contribution in [0.15, 0.2) is 4.99 Å². The van der Waals surface area contributed by atoms with Crippen LogP contribution in [0, 0.1) is 0 Å². The fourth-order valence-electron chi connectivity index (χ4n) is 0.968. The third-order valence-electron chi connectivity index (χ3n) is 1.69. The van der Waals surface area contributed by atoms with Crippen LogP contribution in [0.4, 0.5) is 0 Å². The summed E-state index contributed by atoms with van der Waals surface area (Å²) in [4.78, 5) is 24.1. The van der Waals surface area contributed by atoms with E-state index in [0.29, 0.717) is 19.6 Å². The number of isocyanates is 1. The van der Waals surface area contributed by atoms with Crippen LogP contribution in [0.3, 0.4) is 0 Å². The van der Waals surface area contributed by atoms with Gasteiger partial charge in [0.15, 0.2) is 0 Å². The third-order valence-corrected chi connectivity index (χ3v) is 1.69. The van der Waals surface area contributed by atoms with Crippen molar-refractivity contribution in [3.63, 3.8) is 0 Å². The van der Waals surface area contributed by atoms with Crippen molar-refractivity contribution in [1.82, 2.24) is 0 Å². The second-order valence-electron chi connectivity index (χ2n) is 2.83. The molecule has 0 amide bonds. The summed E-state index contributed by atoms with van der Waals surface area (Å²) in [5, 5.41) is 0. The molecule has 5 nitrogen and oxygen atoms in total. The SMILES string of the molecule is CCOC(=O)C(N)CCCCN=C=O. The lowest BCUT2D eigenvalue weighted by Gasteiger charge is -2.09. The Labute approximate surface area is 83.3 Å². The maximum Gasteiger partial charge on any atom is 0.322 e. The van der Waals surface area contributed by atoms with E-state index in [-0.39, 0.29) is 5.97 Å². The fourth-order valence-corrected chi connectivity index (χ4v) is 0.968. The molecule has 0 aliphatic rings. The Bertz CT molecular complexity index is 212. The van der Waals surface area contributed by atoms with E-state index in [1.54, 1.807) is 6.92 Å². The summed E-state index contributed by atoms with van der Waals surface area (Å²) in [6.45, 7) is 2.53. The van der Waals surface area contributed by atoms with E-state index >= 15 is 0 Å². The monoisotopic (exact) mass is 200 g/mol. The summed E-state index contributed by atoms with van der Waals surface area (Å²) in [6.07, 6.45) is 3.51. The number of ether oxygens (including phenoxy) is 1. The number of carbonyl (C=O) groups is 1. The van der Waals surface area contributed by atoms with E-state index in [2.05, 4.69) is 4.99 Å². The number of carbonyl (C=O) groups excluding carboxylic acids is 2. The minimum absolute atomic E-state index is 0.349. The summed E-state index contributed by atoms with van der Waals surface area (Å²) < 4.78 is 4.73. The smallest absolute Gasteiger partial charge is 0.322 e. The van der Waals surface area contributed by atoms with Gasteiger partial charge in [0.05, 0.1) is 13.2 Å². The Balaban J connectivity index is 3.47. The highest BCUT2D eigenvalue weighted by molar-refractivity contribution is 5.75. The van der Waals surface area contributed by atoms with Crippen LogP contribution in [0.5, 0.6) is 0 Å². The van der Waals surface area contributed by atoms with E-state index in [9.17, 15) is 9.59 Å². The summed E-state index contributed by atoms with van der Waals surface area (Å²) in [5.41, 5.74) is 5.54. The molecular formula is C9H16N2O3. The Morgan fingerprint density at radius 3 is 2.86 bits per heavy atom. The zero-order chi connectivity index (χ0) is 10.8. The Morgan fingerprint density at radius 1 is 1.57 bits per heavy atom. The molecule has 0 fully saturated rings. The molecule has 0 aromatic rings. The molecule has 0 aliphatic carbocycles. The van der Waals surface area contributed by atoms with Gasteiger partial charge in [0, 0.05) is 0 Å². The molecule has 0 spiro atoms. The van der Waals surface area contributed by atoms with Gasteiger partial charge in [-0.1, -0.05) is 0 Å². The molecule has 0 saturated heterocycles. The summed E-state index contributed by atoms with van der Waals surface area (Å²) in [6, 6.07) is -0.560. The lowest BCUT2D eigenvalue weighted by molar-refractivity contribution is -0.144. The van der Waals surface area contributed by atoms with Gasteiger partial charge in [-0.2, -0.15) is 0 Å². The number of hydrogen-bond acceptors (Lipinski definition) is 5. The first-order chi connectivity index (χ1) is 6.72. The van der Waals surface area contributed by atoms with Crippen molar-refractivity contribution in [2.45, 2.75) is 32.2 Å². The summed E-state index contributed by atoms with van der Waals surface area (Å²) >= 11 is 0. The first-order valence-electron chi connectivity index (χ1n) is 4.68. The Hall–Kier alpha value is -1.19. The van der Waals surface area contributed by atoms with Crippen LogP contribution >= 0.6 is 0 Å². The van der Waals surface area contributed by atoms with E-state index in [4.69, 9.17) is 10.5 Å². The zero-order valence-electron chi connectivity index (χ0n) is 8.36. The van der Waals surface area contributed by atoms with E-state index in [1.165, 1.54) is 6.08 Å². The molecule has 0 radical (unpaired) electrons. The van der Waals surface area contributed by atoms with Crippen molar-refractivity contribution < 1.29 is 14.3 Å². The van der Waals surface area contributed by atoms with Crippen LogP contribution in [0.25, 0.3) is 0 Å². The minimum atomic E-state index is -0.560. The summed E-state index contributed by atoms with van der Waals surface area (Å²) in [5.74, 6) is -0.369. The van der Waals surface area contributed by atoms with Gasteiger partial charge in [-0.15, -0.1) is 0 Å². The number of nitrogens with zero attached hydrogens (tertiary/aromatic N) is 1. The second kappa shape index (κ2) is 8.41. The molecule has 0 aliphatic heterocycles. The average Bonchev–Trinajstić information content (AvgIpc) is 2.17. The average molecular weight is 200 g/mol. The van der Waals surface area contributed by atoms with Crippen molar-refractivity contribution >= 4 is 12.0 Å². The molecule has 14 heavy (non-hydrogen) atoms. The quantitative estimate of drug-likeness (QED) is 0.279. The first-order valence-corrected chi connectivity index (χ1v) is 4.68. The van der Waals surface area contributed by atoms with Crippen LogP contribution in [-0.4, -0.2) is 31.2 Å². The van der Waals surface area contributed by atoms with E-state index in [1.807, 2.05) is 0 Å². The van der Waals surface area contributed by atoms with Gasteiger partial charge in [0.25, 0.3) is 0 Å². The highest BCUT2D eigenvalue weighted by Gasteiger charge is 2.13. The highest BCUT2D eigenvalue weighted by atomic mass is 16.5. The Morgan fingerprint density at radius 2 is 2.29 bits per heavy atom. The van der Waals surface area contributed by atoms with E-state index in [0.717, 1.165) is 12.8 Å². The predicted molar refractivity (Wildman–Crippen MR) is 51.4 cm³/mol. The van der Waals surface area contributed by atoms with Gasteiger partial charge in [-0.3, -0.25) is 4.79 Å². The van der Waals surface area contributed by atoms with Crippen molar-refractivity contribution in [2.75, 3.05) is 13.2 Å². The van der Waals surface area contributed by atoms with Gasteiger partial charge in [-0.05, 0) is 26.2 Å². The molecule has 0 saturated carbocycles. The topological polar surface area (TPSA) is 81.8 Å². The van der Waals surface area contributed by atoms with Gasteiger partial charge in [-0.25, -0.2) is 9.79 Å². The second-order valence-corrected chi connectivity index (χ2v) is 2.83. The maximum atomic E-state index is 11.0. The molecule has 5 heteroatoms. The zero-order valence-corrected chi connectivity index (χ0v) is 8.36. The lowest BCUT2D eigenvalue weighted by atomic mass is 10.1. The standard InChI is InChI=1S/C9H16N2O3/c1-2-14-9(13)8(10)5-3-4-6-11-7-12/h8H,2-6,10H2,1H3. The molecule has 80 valence electrons. The lowest BCUT2D eigenvalue weighted by Crippen LogP contribution is -2.32. The molecule has 0 aromatic carbocycles. The number of nitrogens with two attached hydrogens (primary N) is 1. The number of hydrogen-bond donors (Lipinski definition) is 1. The van der Waals surface area contributed by atoms with Gasteiger partial charge < -0.3 is 10.5 Å². The molecule has 0 bridgehead atoms. The largest absolute Gasteiger partial charge is 0.465 e. The van der Waals surface area contributed by atoms with Gasteiger partial charge >= 0.3 is 5.97 Å². The Kier molecular flexibility index (Phi) is 7.70. The molecule has 1 unspecified atom stereocenters. The normalized spacial score (nSPS) is 11.6. The number of esters is 1. The van der Waals surface area contributed by atoms with Gasteiger partial charge in [0.1, 0.15) is 6.04 Å². The highest BCUT2D eigenvalue weighted by Crippen LogP contribution is 2.00. The minimum Gasteiger partial charge on any atom is -0.465 e. The summed E-state index contributed by atoms with van der Waals surface area (Å²) in [7, 11) is 0. The van der Waals surface area contributed by atoms with Crippen LogP contribution in [0.1, 0.15) is 26.2 Å². The molecule has 1 atom stereocenters. The number of rotatable bonds is 7. The maximum absolute atomic E-state index is 11.0. The predicted octanol–water partition coefficient (Wildman–Crippen LogP) is 0.383. The fraction of sp³-hybridized carbons (Fsp3) is 0.778. The number of unbranched alkanes of at least 4 members (excludes halogenated alkanes) is 1. The van der Waals surface area contributed by atoms with E-state index < -0.39 is 6.04 Å². The van der Waals surface area contributed by atoms with Crippen molar-refractivity contribution in [3.8, 4) is 0 Å². The van der Waals surface area contributed by atoms with Crippen LogP contribution in [-0.2, 0) is 14.3 Å². The van der Waals surface area contributed by atoms with Crippen LogP contribution in [0.2, 0.25) is 0 Å². The first kappa shape index (κ1) is 12.8. The van der Waals surface area contributed by atoms with Crippen molar-refractivity contribution in [1.29, 1.82) is 0 Å². The molecule has 0 heterocycles. The molecule has 0 aromatic heterocycles.